The minimum Gasteiger partial charge on any atom is -0.449 e. The fourth-order valence-electron chi connectivity index (χ4n) is 2.89. The SMILES string of the molecule is CC(C)(C)OC(=O)N1CCCC(COC(=O)NCCc2ccccc2)C1. The Bertz CT molecular complexity index is 583. The van der Waals surface area contributed by atoms with Crippen LogP contribution in [0, 0.1) is 5.92 Å². The van der Waals surface area contributed by atoms with Crippen LogP contribution in [-0.2, 0) is 15.9 Å². The number of rotatable bonds is 5. The molecule has 0 aliphatic carbocycles. The summed E-state index contributed by atoms with van der Waals surface area (Å²) in [6.45, 7) is 7.68. The van der Waals surface area contributed by atoms with Crippen LogP contribution in [0.5, 0.6) is 0 Å². The number of amides is 2. The molecule has 1 aliphatic rings. The fourth-order valence-corrected chi connectivity index (χ4v) is 2.89. The summed E-state index contributed by atoms with van der Waals surface area (Å²) in [5.41, 5.74) is 0.673. The van der Waals surface area contributed by atoms with Gasteiger partial charge in [0.2, 0.25) is 0 Å². The van der Waals surface area contributed by atoms with E-state index in [0.717, 1.165) is 19.3 Å². The van der Waals surface area contributed by atoms with Gasteiger partial charge in [-0.2, -0.15) is 0 Å². The summed E-state index contributed by atoms with van der Waals surface area (Å²) in [5, 5.41) is 2.77. The first-order valence-corrected chi connectivity index (χ1v) is 9.26. The Balaban J connectivity index is 1.66. The van der Waals surface area contributed by atoms with E-state index in [1.807, 2.05) is 51.1 Å². The molecule has 26 heavy (non-hydrogen) atoms. The van der Waals surface area contributed by atoms with Crippen LogP contribution in [0.4, 0.5) is 9.59 Å². The third kappa shape index (κ3) is 7.33. The predicted octanol–water partition coefficient (Wildman–Crippen LogP) is 3.60. The molecule has 1 unspecified atom stereocenters. The maximum Gasteiger partial charge on any atom is 0.410 e. The molecule has 0 bridgehead atoms. The van der Waals surface area contributed by atoms with Gasteiger partial charge in [-0.1, -0.05) is 30.3 Å². The summed E-state index contributed by atoms with van der Waals surface area (Å²) in [6.07, 6.45) is 1.90. The third-order valence-corrected chi connectivity index (χ3v) is 4.15. The van der Waals surface area contributed by atoms with E-state index in [2.05, 4.69) is 5.32 Å². The molecule has 1 aliphatic heterocycles. The van der Waals surface area contributed by atoms with E-state index < -0.39 is 11.7 Å². The molecule has 0 saturated carbocycles. The van der Waals surface area contributed by atoms with Gasteiger partial charge in [0.15, 0.2) is 0 Å². The van der Waals surface area contributed by atoms with E-state index >= 15 is 0 Å². The number of nitrogens with zero attached hydrogens (tertiary/aromatic N) is 1. The Morgan fingerprint density at radius 2 is 1.96 bits per heavy atom. The first-order chi connectivity index (χ1) is 12.3. The minimum absolute atomic E-state index is 0.149. The lowest BCUT2D eigenvalue weighted by atomic mass is 9.99. The van der Waals surface area contributed by atoms with Gasteiger partial charge in [0, 0.05) is 25.6 Å². The van der Waals surface area contributed by atoms with Gasteiger partial charge in [0.05, 0.1) is 6.61 Å². The molecule has 1 atom stereocenters. The smallest absolute Gasteiger partial charge is 0.410 e. The molecule has 1 fully saturated rings. The molecule has 0 radical (unpaired) electrons. The summed E-state index contributed by atoms with van der Waals surface area (Å²) < 4.78 is 10.7. The van der Waals surface area contributed by atoms with Crippen LogP contribution in [0.1, 0.15) is 39.2 Å². The van der Waals surface area contributed by atoms with Crippen molar-refractivity contribution in [3.63, 3.8) is 0 Å². The second-order valence-electron chi connectivity index (χ2n) is 7.70. The van der Waals surface area contributed by atoms with Crippen LogP contribution in [0.15, 0.2) is 30.3 Å². The van der Waals surface area contributed by atoms with Gasteiger partial charge in [-0.25, -0.2) is 9.59 Å². The number of hydrogen-bond donors (Lipinski definition) is 1. The molecule has 144 valence electrons. The molecule has 0 aromatic heterocycles. The highest BCUT2D eigenvalue weighted by Gasteiger charge is 2.28. The Hall–Kier alpha value is -2.24. The molecule has 1 aromatic rings. The van der Waals surface area contributed by atoms with Crippen molar-refractivity contribution in [2.24, 2.45) is 5.92 Å². The zero-order valence-electron chi connectivity index (χ0n) is 16.0. The maximum atomic E-state index is 12.2. The number of carbonyl (C=O) groups excluding carboxylic acids is 2. The fraction of sp³-hybridized carbons (Fsp3) is 0.600. The largest absolute Gasteiger partial charge is 0.449 e. The molecule has 1 N–H and O–H groups in total. The predicted molar refractivity (Wildman–Crippen MR) is 100 cm³/mol. The second-order valence-corrected chi connectivity index (χ2v) is 7.70. The lowest BCUT2D eigenvalue weighted by Crippen LogP contribution is -2.44. The zero-order valence-corrected chi connectivity index (χ0v) is 16.0. The van der Waals surface area contributed by atoms with Crippen LogP contribution in [0.2, 0.25) is 0 Å². The average molecular weight is 362 g/mol. The Morgan fingerprint density at radius 1 is 1.23 bits per heavy atom. The lowest BCUT2D eigenvalue weighted by molar-refractivity contribution is 0.0122. The van der Waals surface area contributed by atoms with Crippen molar-refractivity contribution in [1.29, 1.82) is 0 Å². The highest BCUT2D eigenvalue weighted by atomic mass is 16.6. The van der Waals surface area contributed by atoms with E-state index in [0.29, 0.717) is 26.2 Å². The molecular formula is C20H30N2O4. The lowest BCUT2D eigenvalue weighted by Gasteiger charge is -2.33. The standard InChI is InChI=1S/C20H30N2O4/c1-20(2,3)26-19(24)22-13-7-10-17(14-22)15-25-18(23)21-12-11-16-8-5-4-6-9-16/h4-6,8-9,17H,7,10-15H2,1-3H3,(H,21,23). The highest BCUT2D eigenvalue weighted by Crippen LogP contribution is 2.19. The van der Waals surface area contributed by atoms with Gasteiger partial charge in [-0.05, 0) is 45.6 Å². The number of benzene rings is 1. The number of hydrogen-bond acceptors (Lipinski definition) is 4. The van der Waals surface area contributed by atoms with Crippen molar-refractivity contribution in [2.75, 3.05) is 26.2 Å². The van der Waals surface area contributed by atoms with Crippen LogP contribution >= 0.6 is 0 Å². The van der Waals surface area contributed by atoms with E-state index in [9.17, 15) is 9.59 Å². The summed E-state index contributed by atoms with van der Waals surface area (Å²) in [4.78, 5) is 25.7. The van der Waals surface area contributed by atoms with Gasteiger partial charge in [0.1, 0.15) is 5.60 Å². The second kappa shape index (κ2) is 9.46. The Labute approximate surface area is 155 Å². The van der Waals surface area contributed by atoms with Gasteiger partial charge in [-0.3, -0.25) is 0 Å². The summed E-state index contributed by atoms with van der Waals surface area (Å²) in [7, 11) is 0. The van der Waals surface area contributed by atoms with Gasteiger partial charge in [-0.15, -0.1) is 0 Å². The quantitative estimate of drug-likeness (QED) is 0.869. The van der Waals surface area contributed by atoms with Crippen LogP contribution in [0.25, 0.3) is 0 Å². The van der Waals surface area contributed by atoms with Crippen LogP contribution in [0.3, 0.4) is 0 Å². The van der Waals surface area contributed by atoms with Crippen LogP contribution in [-0.4, -0.2) is 48.9 Å². The minimum atomic E-state index is -0.501. The van der Waals surface area contributed by atoms with Gasteiger partial charge >= 0.3 is 12.2 Å². The number of ether oxygens (including phenoxy) is 2. The normalized spacial score (nSPS) is 17.5. The molecule has 2 rings (SSSR count). The van der Waals surface area contributed by atoms with Gasteiger partial charge < -0.3 is 19.7 Å². The van der Waals surface area contributed by atoms with Crippen LogP contribution < -0.4 is 5.32 Å². The van der Waals surface area contributed by atoms with Crippen molar-refractivity contribution in [1.82, 2.24) is 10.2 Å². The zero-order chi connectivity index (χ0) is 19.0. The van der Waals surface area contributed by atoms with E-state index in [1.54, 1.807) is 4.90 Å². The molecule has 1 saturated heterocycles. The molecule has 6 heteroatoms. The first kappa shape index (κ1) is 20.1. The molecular weight excluding hydrogens is 332 g/mol. The molecule has 2 amide bonds. The third-order valence-electron chi connectivity index (χ3n) is 4.15. The first-order valence-electron chi connectivity index (χ1n) is 9.26. The monoisotopic (exact) mass is 362 g/mol. The van der Waals surface area contributed by atoms with Crippen molar-refractivity contribution in [3.05, 3.63) is 35.9 Å². The molecule has 6 nitrogen and oxygen atoms in total. The summed E-state index contributed by atoms with van der Waals surface area (Å²) in [5.74, 6) is 0.149. The van der Waals surface area contributed by atoms with Crippen molar-refractivity contribution in [2.45, 2.75) is 45.6 Å². The topological polar surface area (TPSA) is 67.9 Å². The van der Waals surface area contributed by atoms with Crippen molar-refractivity contribution < 1.29 is 19.1 Å². The van der Waals surface area contributed by atoms with Crippen molar-refractivity contribution >= 4 is 12.2 Å². The highest BCUT2D eigenvalue weighted by molar-refractivity contribution is 5.68. The summed E-state index contributed by atoms with van der Waals surface area (Å²) >= 11 is 0. The van der Waals surface area contributed by atoms with E-state index in [-0.39, 0.29) is 12.0 Å². The number of likely N-dealkylation sites (tertiary alicyclic amines) is 1. The number of alkyl carbamates (subject to hydrolysis) is 1. The summed E-state index contributed by atoms with van der Waals surface area (Å²) in [6, 6.07) is 9.98. The molecule has 1 aromatic carbocycles. The molecule has 0 spiro atoms. The van der Waals surface area contributed by atoms with Gasteiger partial charge in [0.25, 0.3) is 0 Å². The van der Waals surface area contributed by atoms with E-state index in [1.165, 1.54) is 5.56 Å². The number of nitrogens with one attached hydrogen (secondary N) is 1. The molecule has 1 heterocycles. The van der Waals surface area contributed by atoms with Crippen molar-refractivity contribution in [3.8, 4) is 0 Å². The Kier molecular flexibility index (Phi) is 7.30. The Morgan fingerprint density at radius 3 is 2.65 bits per heavy atom. The van der Waals surface area contributed by atoms with E-state index in [4.69, 9.17) is 9.47 Å². The number of piperidine rings is 1. The average Bonchev–Trinajstić information content (AvgIpc) is 2.60. The maximum absolute atomic E-state index is 12.2. The number of carbonyl (C=O) groups is 2.